The molecule has 2 N–H and O–H groups in total. The first-order valence-corrected chi connectivity index (χ1v) is 9.20. The summed E-state index contributed by atoms with van der Waals surface area (Å²) >= 11 is 0. The van der Waals surface area contributed by atoms with Crippen LogP contribution in [0.1, 0.15) is 22.3 Å². The summed E-state index contributed by atoms with van der Waals surface area (Å²) in [6.45, 7) is 0. The lowest BCUT2D eigenvalue weighted by Gasteiger charge is -2.13. The third-order valence-corrected chi connectivity index (χ3v) is 4.35. The second-order valence-electron chi connectivity index (χ2n) is 6.83. The number of hydrogen-bond donors (Lipinski definition) is 2. The molecule has 0 fully saturated rings. The molecule has 1 aliphatic heterocycles. The molecule has 1 heterocycles. The normalized spacial score (nSPS) is 15.9. The zero-order chi connectivity index (χ0) is 21.7. The molecular weight excluding hydrogens is 386 g/mol. The van der Waals surface area contributed by atoms with Gasteiger partial charge in [0.1, 0.15) is 5.70 Å². The highest BCUT2D eigenvalue weighted by Gasteiger charge is 2.33. The number of aliphatic carboxylic acids is 1. The minimum Gasteiger partial charge on any atom is -0.481 e. The van der Waals surface area contributed by atoms with Gasteiger partial charge in [0, 0.05) is 25.3 Å². The van der Waals surface area contributed by atoms with Gasteiger partial charge in [-0.2, -0.15) is 0 Å². The molecule has 1 amide bonds. The smallest absolute Gasteiger partial charge is 0.338 e. The summed E-state index contributed by atoms with van der Waals surface area (Å²) in [4.78, 5) is 41.6. The molecule has 30 heavy (non-hydrogen) atoms. The fraction of sp³-hybridized carbons (Fsp3) is 0.182. The Bertz CT molecular complexity index is 1010. The van der Waals surface area contributed by atoms with E-state index in [4.69, 9.17) is 9.84 Å². The number of aliphatic imine (C=N–C) groups is 1. The summed E-state index contributed by atoms with van der Waals surface area (Å²) in [6.07, 6.45) is 1.13. The number of esters is 1. The van der Waals surface area contributed by atoms with Crippen molar-refractivity contribution in [2.75, 3.05) is 19.0 Å². The van der Waals surface area contributed by atoms with Crippen molar-refractivity contribution in [2.24, 2.45) is 4.99 Å². The average Bonchev–Trinajstić information content (AvgIpc) is 3.08. The molecule has 0 aliphatic carbocycles. The van der Waals surface area contributed by atoms with Crippen LogP contribution in [-0.4, -0.2) is 49.0 Å². The van der Waals surface area contributed by atoms with Crippen LogP contribution >= 0.6 is 0 Å². The van der Waals surface area contributed by atoms with Gasteiger partial charge in [-0.05, 0) is 35.9 Å². The number of carbonyl (C=O) groups excluding carboxylic acids is 2. The number of nitrogens with zero attached hydrogens (tertiary/aromatic N) is 2. The predicted octanol–water partition coefficient (Wildman–Crippen LogP) is 2.32. The van der Waals surface area contributed by atoms with E-state index in [2.05, 4.69) is 10.3 Å². The highest BCUT2D eigenvalue weighted by Crippen LogP contribution is 2.19. The monoisotopic (exact) mass is 407 g/mol. The highest BCUT2D eigenvalue weighted by molar-refractivity contribution is 6.11. The number of carboxylic acids is 1. The second-order valence-corrected chi connectivity index (χ2v) is 6.83. The highest BCUT2D eigenvalue weighted by atomic mass is 16.6. The molecule has 0 saturated heterocycles. The van der Waals surface area contributed by atoms with E-state index in [1.54, 1.807) is 36.4 Å². The van der Waals surface area contributed by atoms with Crippen molar-refractivity contribution in [3.05, 3.63) is 71.4 Å². The molecule has 0 spiro atoms. The Labute approximate surface area is 173 Å². The summed E-state index contributed by atoms with van der Waals surface area (Å²) in [5.41, 5.74) is 2.32. The summed E-state index contributed by atoms with van der Waals surface area (Å²) in [6, 6.07) is 14.9. The van der Waals surface area contributed by atoms with Gasteiger partial charge >= 0.3 is 11.9 Å². The minimum atomic E-state index is -1.17. The molecule has 1 atom stereocenters. The molecule has 1 unspecified atom stereocenters. The number of ether oxygens (including phenoxy) is 1. The maximum Gasteiger partial charge on any atom is 0.338 e. The van der Waals surface area contributed by atoms with Gasteiger partial charge in [0.05, 0.1) is 6.42 Å². The van der Waals surface area contributed by atoms with Gasteiger partial charge < -0.3 is 20.1 Å². The van der Waals surface area contributed by atoms with E-state index < -0.39 is 30.3 Å². The van der Waals surface area contributed by atoms with Gasteiger partial charge in [-0.25, -0.2) is 9.79 Å². The lowest BCUT2D eigenvalue weighted by atomic mass is 10.1. The van der Waals surface area contributed by atoms with Crippen LogP contribution in [-0.2, 0) is 14.3 Å². The Hall–Kier alpha value is -3.94. The third kappa shape index (κ3) is 5.11. The Morgan fingerprint density at radius 3 is 2.40 bits per heavy atom. The van der Waals surface area contributed by atoms with Crippen molar-refractivity contribution < 1.29 is 24.2 Å². The molecular formula is C22H21N3O5. The number of carboxylic acid groups (broad SMARTS) is 1. The van der Waals surface area contributed by atoms with Gasteiger partial charge in [-0.1, -0.05) is 30.3 Å². The Balaban J connectivity index is 1.93. The SMILES string of the molecule is CN(C)c1ccc(/C=C(\NC(=O)c2ccccc2)C2=NC(CC(=O)O)C(=O)O2)cc1. The molecule has 8 heteroatoms. The van der Waals surface area contributed by atoms with E-state index in [0.717, 1.165) is 11.3 Å². The lowest BCUT2D eigenvalue weighted by molar-refractivity contribution is -0.142. The molecule has 3 rings (SSSR count). The first-order chi connectivity index (χ1) is 14.3. The lowest BCUT2D eigenvalue weighted by Crippen LogP contribution is -2.28. The molecule has 154 valence electrons. The molecule has 0 radical (unpaired) electrons. The summed E-state index contributed by atoms with van der Waals surface area (Å²) in [7, 11) is 3.84. The van der Waals surface area contributed by atoms with Crippen LogP contribution in [0, 0.1) is 0 Å². The first kappa shape index (κ1) is 20.8. The van der Waals surface area contributed by atoms with Gasteiger partial charge in [0.25, 0.3) is 5.91 Å². The predicted molar refractivity (Wildman–Crippen MR) is 112 cm³/mol. The van der Waals surface area contributed by atoms with Gasteiger partial charge in [0.15, 0.2) is 6.04 Å². The number of rotatable bonds is 7. The van der Waals surface area contributed by atoms with Crippen LogP contribution in [0.3, 0.4) is 0 Å². The van der Waals surface area contributed by atoms with Crippen LogP contribution in [0.25, 0.3) is 6.08 Å². The Morgan fingerprint density at radius 1 is 1.13 bits per heavy atom. The van der Waals surface area contributed by atoms with Gasteiger partial charge in [-0.3, -0.25) is 9.59 Å². The number of benzene rings is 2. The number of amides is 1. The van der Waals surface area contributed by atoms with E-state index in [1.807, 2.05) is 43.3 Å². The summed E-state index contributed by atoms with van der Waals surface area (Å²) in [5, 5.41) is 11.7. The quantitative estimate of drug-likeness (QED) is 0.682. The Kier molecular flexibility index (Phi) is 6.26. The van der Waals surface area contributed by atoms with E-state index in [0.29, 0.717) is 5.56 Å². The van der Waals surface area contributed by atoms with E-state index in [-0.39, 0.29) is 11.6 Å². The molecule has 8 nitrogen and oxygen atoms in total. The molecule has 0 aromatic heterocycles. The molecule has 1 aliphatic rings. The van der Waals surface area contributed by atoms with Crippen molar-refractivity contribution >= 4 is 35.5 Å². The standard InChI is InChI=1S/C22H21N3O5/c1-25(2)16-10-8-14(9-11-16)12-17(23-20(28)15-6-4-3-5-7-15)21-24-18(13-19(26)27)22(29)30-21/h3-12,18H,13H2,1-2H3,(H,23,28)(H,26,27)/b17-12-. The average molecular weight is 407 g/mol. The van der Waals surface area contributed by atoms with Crippen LogP contribution in [0.4, 0.5) is 5.69 Å². The van der Waals surface area contributed by atoms with Crippen LogP contribution in [0.15, 0.2) is 65.3 Å². The van der Waals surface area contributed by atoms with Crippen molar-refractivity contribution in [1.29, 1.82) is 0 Å². The maximum atomic E-state index is 12.6. The number of carbonyl (C=O) groups is 3. The second kappa shape index (κ2) is 9.04. The van der Waals surface area contributed by atoms with Crippen LogP contribution < -0.4 is 10.2 Å². The third-order valence-electron chi connectivity index (χ3n) is 4.35. The molecule has 2 aromatic carbocycles. The molecule has 0 saturated carbocycles. The van der Waals surface area contributed by atoms with E-state index >= 15 is 0 Å². The van der Waals surface area contributed by atoms with Crippen molar-refractivity contribution in [2.45, 2.75) is 12.5 Å². The Morgan fingerprint density at radius 2 is 1.80 bits per heavy atom. The van der Waals surface area contributed by atoms with Crippen molar-refractivity contribution in [3.63, 3.8) is 0 Å². The zero-order valence-electron chi connectivity index (χ0n) is 16.5. The van der Waals surface area contributed by atoms with Crippen molar-refractivity contribution in [3.8, 4) is 0 Å². The van der Waals surface area contributed by atoms with E-state index in [9.17, 15) is 14.4 Å². The number of nitrogens with one attached hydrogen (secondary N) is 1. The maximum absolute atomic E-state index is 12.6. The largest absolute Gasteiger partial charge is 0.481 e. The minimum absolute atomic E-state index is 0.118. The van der Waals surface area contributed by atoms with Crippen LogP contribution in [0.2, 0.25) is 0 Å². The molecule has 0 bridgehead atoms. The first-order valence-electron chi connectivity index (χ1n) is 9.20. The van der Waals surface area contributed by atoms with Crippen LogP contribution in [0.5, 0.6) is 0 Å². The summed E-state index contributed by atoms with van der Waals surface area (Å²) < 4.78 is 5.16. The van der Waals surface area contributed by atoms with E-state index in [1.165, 1.54) is 0 Å². The zero-order valence-corrected chi connectivity index (χ0v) is 16.5. The fourth-order valence-corrected chi connectivity index (χ4v) is 2.77. The number of cyclic esters (lactones) is 1. The number of anilines is 1. The fourth-order valence-electron chi connectivity index (χ4n) is 2.77. The van der Waals surface area contributed by atoms with Gasteiger partial charge in [-0.15, -0.1) is 0 Å². The topological polar surface area (TPSA) is 108 Å². The summed E-state index contributed by atoms with van der Waals surface area (Å²) in [5.74, 6) is -2.46. The molecule has 2 aromatic rings. The van der Waals surface area contributed by atoms with Crippen molar-refractivity contribution in [1.82, 2.24) is 5.32 Å². The van der Waals surface area contributed by atoms with Gasteiger partial charge in [0.2, 0.25) is 5.90 Å². The number of hydrogen-bond acceptors (Lipinski definition) is 6.